The number of pyridine rings is 2. The van der Waals surface area contributed by atoms with E-state index in [0.717, 1.165) is 21.8 Å². The van der Waals surface area contributed by atoms with Crippen molar-refractivity contribution in [1.29, 1.82) is 0 Å². The van der Waals surface area contributed by atoms with Gasteiger partial charge in [-0.3, -0.25) is 14.8 Å². The Balaban J connectivity index is 1.49. The number of carbonyl (C=O) groups excluding carboxylic acids is 1. The predicted octanol–water partition coefficient (Wildman–Crippen LogP) is 2.85. The Hall–Kier alpha value is -2.60. The second-order valence-corrected chi connectivity index (χ2v) is 5.88. The zero-order valence-corrected chi connectivity index (χ0v) is 13.3. The van der Waals surface area contributed by atoms with E-state index < -0.39 is 0 Å². The third-order valence-electron chi connectivity index (χ3n) is 3.30. The average Bonchev–Trinajstić information content (AvgIpc) is 3.09. The first kappa shape index (κ1) is 15.3. The summed E-state index contributed by atoms with van der Waals surface area (Å²) in [6, 6.07) is 7.67. The quantitative estimate of drug-likeness (QED) is 0.757. The van der Waals surface area contributed by atoms with E-state index in [0.29, 0.717) is 19.4 Å². The Kier molecular flexibility index (Phi) is 5.06. The summed E-state index contributed by atoms with van der Waals surface area (Å²) in [5.41, 5.74) is 2.99. The molecule has 0 radical (unpaired) electrons. The van der Waals surface area contributed by atoms with Gasteiger partial charge in [-0.1, -0.05) is 6.07 Å². The number of hydrogen-bond acceptors (Lipinski definition) is 5. The van der Waals surface area contributed by atoms with Crippen molar-refractivity contribution in [1.82, 2.24) is 20.3 Å². The van der Waals surface area contributed by atoms with Crippen LogP contribution in [-0.2, 0) is 17.8 Å². The number of nitrogens with zero attached hydrogens (tertiary/aromatic N) is 3. The monoisotopic (exact) mass is 324 g/mol. The van der Waals surface area contributed by atoms with Gasteiger partial charge in [0.15, 0.2) is 0 Å². The van der Waals surface area contributed by atoms with Crippen molar-refractivity contribution < 1.29 is 4.79 Å². The van der Waals surface area contributed by atoms with E-state index in [2.05, 4.69) is 20.3 Å². The maximum absolute atomic E-state index is 11.9. The van der Waals surface area contributed by atoms with E-state index in [4.69, 9.17) is 0 Å². The molecular formula is C17H16N4OS. The van der Waals surface area contributed by atoms with Crippen molar-refractivity contribution in [2.45, 2.75) is 19.4 Å². The first-order chi connectivity index (χ1) is 11.3. The van der Waals surface area contributed by atoms with Gasteiger partial charge in [0.25, 0.3) is 0 Å². The molecule has 3 rings (SSSR count). The van der Waals surface area contributed by atoms with Crippen molar-refractivity contribution in [2.24, 2.45) is 0 Å². The second-order valence-electron chi connectivity index (χ2n) is 5.02. The van der Waals surface area contributed by atoms with Crippen LogP contribution in [-0.4, -0.2) is 20.9 Å². The standard InChI is InChI=1S/C17H16N4OS/c22-16(20-11-13-2-1-7-19-10-13)4-3-15-12-23-17(21-15)14-5-8-18-9-6-14/h1-2,5-10,12H,3-4,11H2,(H,20,22). The number of rotatable bonds is 6. The van der Waals surface area contributed by atoms with Gasteiger partial charge in [-0.25, -0.2) is 4.98 Å². The van der Waals surface area contributed by atoms with Crippen LogP contribution in [0, 0.1) is 0 Å². The zero-order chi connectivity index (χ0) is 15.9. The summed E-state index contributed by atoms with van der Waals surface area (Å²) in [5.74, 6) is 0.0207. The van der Waals surface area contributed by atoms with Crippen LogP contribution in [0.15, 0.2) is 54.4 Å². The predicted molar refractivity (Wildman–Crippen MR) is 89.7 cm³/mol. The topological polar surface area (TPSA) is 67.8 Å². The molecule has 6 heteroatoms. The van der Waals surface area contributed by atoms with Crippen LogP contribution in [0.5, 0.6) is 0 Å². The van der Waals surface area contributed by atoms with Crippen molar-refractivity contribution >= 4 is 17.2 Å². The minimum atomic E-state index is 0.0207. The minimum absolute atomic E-state index is 0.0207. The first-order valence-electron chi connectivity index (χ1n) is 7.31. The lowest BCUT2D eigenvalue weighted by Gasteiger charge is -2.04. The lowest BCUT2D eigenvalue weighted by molar-refractivity contribution is -0.121. The van der Waals surface area contributed by atoms with Gasteiger partial charge in [0.1, 0.15) is 5.01 Å². The Labute approximate surface area is 138 Å². The molecule has 0 spiro atoms. The van der Waals surface area contributed by atoms with E-state index >= 15 is 0 Å². The average molecular weight is 324 g/mol. The third-order valence-corrected chi connectivity index (χ3v) is 4.24. The summed E-state index contributed by atoms with van der Waals surface area (Å²) in [4.78, 5) is 24.5. The largest absolute Gasteiger partial charge is 0.352 e. The van der Waals surface area contributed by atoms with Crippen LogP contribution in [0.1, 0.15) is 17.7 Å². The van der Waals surface area contributed by atoms with E-state index in [1.54, 1.807) is 36.1 Å². The number of thiazole rings is 1. The highest BCUT2D eigenvalue weighted by Crippen LogP contribution is 2.23. The second kappa shape index (κ2) is 7.60. The molecule has 0 aromatic carbocycles. The van der Waals surface area contributed by atoms with Gasteiger partial charge in [0.05, 0.1) is 5.69 Å². The Morgan fingerprint density at radius 3 is 2.78 bits per heavy atom. The van der Waals surface area contributed by atoms with Crippen molar-refractivity contribution in [3.63, 3.8) is 0 Å². The molecule has 116 valence electrons. The maximum Gasteiger partial charge on any atom is 0.220 e. The molecule has 0 fully saturated rings. The molecule has 3 aromatic heterocycles. The fourth-order valence-electron chi connectivity index (χ4n) is 2.08. The van der Waals surface area contributed by atoms with Crippen molar-refractivity contribution in [3.8, 4) is 10.6 Å². The van der Waals surface area contributed by atoms with Gasteiger partial charge in [0, 0.05) is 48.7 Å². The van der Waals surface area contributed by atoms with Gasteiger partial charge < -0.3 is 5.32 Å². The van der Waals surface area contributed by atoms with E-state index in [1.807, 2.05) is 29.6 Å². The van der Waals surface area contributed by atoms with Gasteiger partial charge in [-0.15, -0.1) is 11.3 Å². The number of amides is 1. The van der Waals surface area contributed by atoms with Crippen LogP contribution in [0.25, 0.3) is 10.6 Å². The molecular weight excluding hydrogens is 308 g/mol. The SMILES string of the molecule is O=C(CCc1csc(-c2ccncc2)n1)NCc1cccnc1. The fourth-order valence-corrected chi connectivity index (χ4v) is 2.94. The van der Waals surface area contributed by atoms with Crippen LogP contribution in [0.3, 0.4) is 0 Å². The van der Waals surface area contributed by atoms with Crippen LogP contribution in [0.4, 0.5) is 0 Å². The van der Waals surface area contributed by atoms with E-state index in [-0.39, 0.29) is 5.91 Å². The van der Waals surface area contributed by atoms with Crippen LogP contribution < -0.4 is 5.32 Å². The molecule has 0 atom stereocenters. The molecule has 23 heavy (non-hydrogen) atoms. The normalized spacial score (nSPS) is 10.4. The molecule has 0 saturated carbocycles. The van der Waals surface area contributed by atoms with Crippen molar-refractivity contribution in [3.05, 3.63) is 65.7 Å². The summed E-state index contributed by atoms with van der Waals surface area (Å²) >= 11 is 1.59. The molecule has 0 bridgehead atoms. The molecule has 0 saturated heterocycles. The number of hydrogen-bond donors (Lipinski definition) is 1. The summed E-state index contributed by atoms with van der Waals surface area (Å²) < 4.78 is 0. The number of aryl methyl sites for hydroxylation is 1. The summed E-state index contributed by atoms with van der Waals surface area (Å²) in [6.07, 6.45) is 8.04. The molecule has 1 N–H and O–H groups in total. The molecule has 0 aliphatic rings. The summed E-state index contributed by atoms with van der Waals surface area (Å²) in [7, 11) is 0. The van der Waals surface area contributed by atoms with Gasteiger partial charge >= 0.3 is 0 Å². The van der Waals surface area contributed by atoms with Crippen LogP contribution in [0.2, 0.25) is 0 Å². The van der Waals surface area contributed by atoms with Gasteiger partial charge in [-0.05, 0) is 30.2 Å². The smallest absolute Gasteiger partial charge is 0.220 e. The highest BCUT2D eigenvalue weighted by atomic mass is 32.1. The van der Waals surface area contributed by atoms with Crippen LogP contribution >= 0.6 is 11.3 Å². The third kappa shape index (κ3) is 4.43. The Morgan fingerprint density at radius 2 is 2.00 bits per heavy atom. The molecule has 3 aromatic rings. The lowest BCUT2D eigenvalue weighted by atomic mass is 10.2. The first-order valence-corrected chi connectivity index (χ1v) is 8.19. The number of nitrogens with one attached hydrogen (secondary N) is 1. The Morgan fingerprint density at radius 1 is 1.13 bits per heavy atom. The molecule has 5 nitrogen and oxygen atoms in total. The molecule has 0 unspecified atom stereocenters. The molecule has 1 amide bonds. The summed E-state index contributed by atoms with van der Waals surface area (Å²) in [6.45, 7) is 0.506. The molecule has 0 aliphatic heterocycles. The van der Waals surface area contributed by atoms with Crippen molar-refractivity contribution in [2.75, 3.05) is 0 Å². The van der Waals surface area contributed by atoms with E-state index in [1.165, 1.54) is 0 Å². The number of carbonyl (C=O) groups is 1. The molecule has 0 aliphatic carbocycles. The Bertz CT molecular complexity index is 759. The highest BCUT2D eigenvalue weighted by molar-refractivity contribution is 7.13. The molecule has 3 heterocycles. The zero-order valence-electron chi connectivity index (χ0n) is 12.5. The number of aromatic nitrogens is 3. The fraction of sp³-hybridized carbons (Fsp3) is 0.176. The van der Waals surface area contributed by atoms with Gasteiger partial charge in [-0.2, -0.15) is 0 Å². The van der Waals surface area contributed by atoms with Gasteiger partial charge in [0.2, 0.25) is 5.91 Å². The lowest BCUT2D eigenvalue weighted by Crippen LogP contribution is -2.23. The highest BCUT2D eigenvalue weighted by Gasteiger charge is 2.07. The minimum Gasteiger partial charge on any atom is -0.352 e. The van der Waals surface area contributed by atoms with E-state index in [9.17, 15) is 4.79 Å². The maximum atomic E-state index is 11.9. The summed E-state index contributed by atoms with van der Waals surface area (Å²) in [5, 5.41) is 5.86.